The molecule has 2 aromatic carbocycles. The van der Waals surface area contributed by atoms with Crippen LogP contribution >= 0.6 is 11.8 Å². The number of hydrogen-bond acceptors (Lipinski definition) is 5. The summed E-state index contributed by atoms with van der Waals surface area (Å²) < 4.78 is 45.6. The van der Waals surface area contributed by atoms with Gasteiger partial charge in [0.15, 0.2) is 6.61 Å². The molecule has 1 unspecified atom stereocenters. The second-order valence-corrected chi connectivity index (χ2v) is 7.95. The summed E-state index contributed by atoms with van der Waals surface area (Å²) in [7, 11) is 0. The third-order valence-corrected chi connectivity index (χ3v) is 5.87. The fourth-order valence-corrected chi connectivity index (χ4v) is 4.21. The summed E-state index contributed by atoms with van der Waals surface area (Å²) in [6.45, 7) is 2.88. The minimum absolute atomic E-state index is 0.147. The van der Waals surface area contributed by atoms with Gasteiger partial charge in [-0.25, -0.2) is 4.79 Å². The maximum Gasteiger partial charge on any atom is 0.416 e. The number of hydrogen-bond donors (Lipinski definition) is 2. The zero-order chi connectivity index (χ0) is 22.6. The Morgan fingerprint density at radius 3 is 2.65 bits per heavy atom. The summed E-state index contributed by atoms with van der Waals surface area (Å²) in [6, 6.07) is 9.50. The van der Waals surface area contributed by atoms with Crippen LogP contribution in [0, 0.1) is 6.92 Å². The van der Waals surface area contributed by atoms with Gasteiger partial charge in [0.2, 0.25) is 0 Å². The molecule has 31 heavy (non-hydrogen) atoms. The zero-order valence-electron chi connectivity index (χ0n) is 16.7. The highest BCUT2D eigenvalue weighted by molar-refractivity contribution is 7.99. The van der Waals surface area contributed by atoms with Gasteiger partial charge in [-0.3, -0.25) is 0 Å². The number of nitrogens with one attached hydrogen (secondary N) is 1. The smallest absolute Gasteiger partial charge is 0.416 e. The molecule has 164 valence electrons. The molecule has 0 spiro atoms. The predicted octanol–water partition coefficient (Wildman–Crippen LogP) is 5.04. The van der Waals surface area contributed by atoms with Crippen molar-refractivity contribution in [3.05, 3.63) is 70.5 Å². The number of rotatable bonds is 8. The zero-order valence-corrected chi connectivity index (χ0v) is 17.5. The van der Waals surface area contributed by atoms with Crippen molar-refractivity contribution in [2.75, 3.05) is 6.61 Å². The number of nitrogens with zero attached hydrogens (tertiary/aromatic N) is 2. The molecule has 0 aliphatic carbocycles. The largest absolute Gasteiger partial charge is 0.482 e. The number of carboxylic acid groups (broad SMARTS) is 1. The first kappa shape index (κ1) is 22.7. The van der Waals surface area contributed by atoms with Gasteiger partial charge in [0.1, 0.15) is 11.4 Å². The molecule has 6 nitrogen and oxygen atoms in total. The molecule has 3 rings (SSSR count). The Labute approximate surface area is 180 Å². The van der Waals surface area contributed by atoms with Gasteiger partial charge >= 0.3 is 12.1 Å². The van der Waals surface area contributed by atoms with Crippen molar-refractivity contribution < 1.29 is 27.8 Å². The number of alkyl halides is 3. The van der Waals surface area contributed by atoms with Crippen molar-refractivity contribution in [3.63, 3.8) is 0 Å². The number of H-pyrrole nitrogens is 1. The standard InChI is InChI=1S/C21H20F3N3O3S/c1-3-13-8-15(6-7-18(13)30-11-19(28)29)31-20(17-10-25-27-26-17)14-5-4-12(2)16(9-14)21(22,23)24/h4-10,20H,3,11H2,1-2H3,(H,28,29)(H,25,26,27). The third kappa shape index (κ3) is 5.57. The predicted molar refractivity (Wildman–Crippen MR) is 109 cm³/mol. The van der Waals surface area contributed by atoms with Crippen LogP contribution < -0.4 is 4.74 Å². The van der Waals surface area contributed by atoms with Crippen LogP contribution in [-0.4, -0.2) is 33.1 Å². The van der Waals surface area contributed by atoms with Gasteiger partial charge in [0.25, 0.3) is 0 Å². The van der Waals surface area contributed by atoms with Crippen molar-refractivity contribution >= 4 is 17.7 Å². The lowest BCUT2D eigenvalue weighted by Gasteiger charge is -2.19. The Morgan fingerprint density at radius 2 is 2.03 bits per heavy atom. The minimum atomic E-state index is -4.46. The molecule has 0 bridgehead atoms. The average Bonchev–Trinajstić information content (AvgIpc) is 3.25. The van der Waals surface area contributed by atoms with E-state index >= 15 is 0 Å². The number of carbonyl (C=O) groups is 1. The van der Waals surface area contributed by atoms with Crippen molar-refractivity contribution in [2.24, 2.45) is 0 Å². The van der Waals surface area contributed by atoms with E-state index in [-0.39, 0.29) is 5.56 Å². The van der Waals surface area contributed by atoms with Gasteiger partial charge in [0.05, 0.1) is 17.0 Å². The van der Waals surface area contributed by atoms with Gasteiger partial charge in [0, 0.05) is 4.90 Å². The van der Waals surface area contributed by atoms with Crippen molar-refractivity contribution in [1.29, 1.82) is 0 Å². The molecule has 0 saturated carbocycles. The lowest BCUT2D eigenvalue weighted by molar-refractivity contribution is -0.139. The van der Waals surface area contributed by atoms with Crippen molar-refractivity contribution in [1.82, 2.24) is 15.4 Å². The molecule has 0 aliphatic heterocycles. The molecule has 3 aromatic rings. The first-order chi connectivity index (χ1) is 14.7. The second kappa shape index (κ2) is 9.42. The first-order valence-corrected chi connectivity index (χ1v) is 10.2. The molecule has 0 amide bonds. The van der Waals surface area contributed by atoms with E-state index in [1.807, 2.05) is 13.0 Å². The number of ether oxygens (including phenoxy) is 1. The highest BCUT2D eigenvalue weighted by Gasteiger charge is 2.33. The summed E-state index contributed by atoms with van der Waals surface area (Å²) in [4.78, 5) is 11.5. The average molecular weight is 451 g/mol. The molecule has 2 N–H and O–H groups in total. The monoisotopic (exact) mass is 451 g/mol. The number of thioether (sulfide) groups is 1. The van der Waals surface area contributed by atoms with Crippen molar-refractivity contribution in [3.8, 4) is 5.75 Å². The van der Waals surface area contributed by atoms with E-state index < -0.39 is 29.6 Å². The Hall–Kier alpha value is -3.01. The highest BCUT2D eigenvalue weighted by Crippen LogP contribution is 2.43. The minimum Gasteiger partial charge on any atom is -0.482 e. The number of aryl methyl sites for hydroxylation is 2. The van der Waals surface area contributed by atoms with Gasteiger partial charge in [-0.05, 0) is 54.3 Å². The molecule has 0 aliphatic rings. The Morgan fingerprint density at radius 1 is 1.26 bits per heavy atom. The van der Waals surface area contributed by atoms with E-state index in [1.54, 1.807) is 18.2 Å². The summed E-state index contributed by atoms with van der Waals surface area (Å²) in [5.41, 5.74) is 1.19. The first-order valence-electron chi connectivity index (χ1n) is 9.36. The maximum absolute atomic E-state index is 13.4. The summed E-state index contributed by atoms with van der Waals surface area (Å²) in [5.74, 6) is -0.617. The van der Waals surface area contributed by atoms with E-state index in [0.29, 0.717) is 23.4 Å². The number of aliphatic carboxylic acids is 1. The van der Waals surface area contributed by atoms with Crippen molar-refractivity contribution in [2.45, 2.75) is 36.6 Å². The number of aromatic amines is 1. The quantitative estimate of drug-likeness (QED) is 0.467. The maximum atomic E-state index is 13.4. The normalized spacial score (nSPS) is 12.5. The molecule has 0 saturated heterocycles. The second-order valence-electron chi connectivity index (χ2n) is 6.77. The molecule has 1 heterocycles. The topological polar surface area (TPSA) is 88.1 Å². The van der Waals surface area contributed by atoms with Crippen LogP contribution in [0.4, 0.5) is 13.2 Å². The summed E-state index contributed by atoms with van der Waals surface area (Å²) in [6.07, 6.45) is -2.38. The van der Waals surface area contributed by atoms with Gasteiger partial charge in [-0.2, -0.15) is 28.6 Å². The lowest BCUT2D eigenvalue weighted by Crippen LogP contribution is -2.10. The van der Waals surface area contributed by atoms with Gasteiger partial charge in [-0.1, -0.05) is 19.1 Å². The van der Waals surface area contributed by atoms with Crippen LogP contribution in [0.25, 0.3) is 0 Å². The van der Waals surface area contributed by atoms with Crippen LogP contribution in [0.15, 0.2) is 47.5 Å². The number of aromatic nitrogens is 3. The summed E-state index contributed by atoms with van der Waals surface area (Å²) >= 11 is 1.33. The van der Waals surface area contributed by atoms with E-state index in [9.17, 15) is 18.0 Å². The molecule has 0 radical (unpaired) electrons. The van der Waals surface area contributed by atoms with Crippen LogP contribution in [0.2, 0.25) is 0 Å². The number of carboxylic acids is 1. The van der Waals surface area contributed by atoms with E-state index in [0.717, 1.165) is 16.5 Å². The van der Waals surface area contributed by atoms with E-state index in [2.05, 4.69) is 15.4 Å². The van der Waals surface area contributed by atoms with Gasteiger partial charge in [-0.15, -0.1) is 11.8 Å². The highest BCUT2D eigenvalue weighted by atomic mass is 32.2. The fourth-order valence-electron chi connectivity index (χ4n) is 3.07. The van der Waals surface area contributed by atoms with Crippen LogP contribution in [0.3, 0.4) is 0 Å². The Kier molecular flexibility index (Phi) is 6.89. The molecule has 0 fully saturated rings. The number of halogens is 3. The Bertz CT molecular complexity index is 1060. The van der Waals surface area contributed by atoms with E-state index in [1.165, 1.54) is 30.9 Å². The SMILES string of the molecule is CCc1cc(SC(c2ccc(C)c(C(F)(F)F)c2)c2cn[nH]n2)ccc1OCC(=O)O. The van der Waals surface area contributed by atoms with Crippen LogP contribution in [0.5, 0.6) is 5.75 Å². The summed E-state index contributed by atoms with van der Waals surface area (Å²) in [5, 5.41) is 18.7. The van der Waals surface area contributed by atoms with Crippen LogP contribution in [-0.2, 0) is 17.4 Å². The lowest BCUT2D eigenvalue weighted by atomic mass is 10.0. The fraction of sp³-hybridized carbons (Fsp3) is 0.286. The van der Waals surface area contributed by atoms with E-state index in [4.69, 9.17) is 9.84 Å². The molecule has 1 atom stereocenters. The molecule has 1 aromatic heterocycles. The number of benzene rings is 2. The Balaban J connectivity index is 1.96. The van der Waals surface area contributed by atoms with Gasteiger partial charge < -0.3 is 9.84 Å². The molecule has 10 heteroatoms. The third-order valence-electron chi connectivity index (χ3n) is 4.59. The molecular weight excluding hydrogens is 431 g/mol. The molecular formula is C21H20F3N3O3S. The van der Waals surface area contributed by atoms with Crippen LogP contribution in [0.1, 0.15) is 40.1 Å².